The van der Waals surface area contributed by atoms with Crippen LogP contribution in [0.4, 0.5) is 10.1 Å². The number of piperidine rings is 1. The zero-order chi connectivity index (χ0) is 19.8. The van der Waals surface area contributed by atoms with Crippen LogP contribution in [-0.2, 0) is 17.1 Å². The van der Waals surface area contributed by atoms with E-state index in [1.54, 1.807) is 7.05 Å². The molecule has 1 unspecified atom stereocenters. The molecule has 0 spiro atoms. The van der Waals surface area contributed by atoms with Gasteiger partial charge in [0.05, 0.1) is 5.02 Å². The zero-order valence-corrected chi connectivity index (χ0v) is 16.6. The SMILES string of the molecule is CC1CCCN(S(=O)(=O)c2cc(C(=O)Nc3ccc(F)c(Cl)c3)n(C)c2)C1. The van der Waals surface area contributed by atoms with Gasteiger partial charge in [-0.2, -0.15) is 4.31 Å². The molecule has 1 atom stereocenters. The third kappa shape index (κ3) is 4.17. The molecule has 2 heterocycles. The molecule has 0 saturated carbocycles. The number of sulfonamides is 1. The van der Waals surface area contributed by atoms with Gasteiger partial charge in [-0.25, -0.2) is 12.8 Å². The number of carbonyl (C=O) groups excluding carboxylic acids is 1. The molecule has 0 radical (unpaired) electrons. The summed E-state index contributed by atoms with van der Waals surface area (Å²) >= 11 is 5.72. The molecule has 1 N–H and O–H groups in total. The minimum absolute atomic E-state index is 0.0846. The highest BCUT2D eigenvalue weighted by Gasteiger charge is 2.30. The van der Waals surface area contributed by atoms with Gasteiger partial charge in [0.1, 0.15) is 16.4 Å². The van der Waals surface area contributed by atoms with Crippen molar-refractivity contribution in [3.8, 4) is 0 Å². The number of aromatic nitrogens is 1. The molecular formula is C18H21ClFN3O3S. The van der Waals surface area contributed by atoms with E-state index in [2.05, 4.69) is 5.32 Å². The topological polar surface area (TPSA) is 71.4 Å². The Labute approximate surface area is 163 Å². The third-order valence-electron chi connectivity index (χ3n) is 4.65. The Morgan fingerprint density at radius 2 is 2.07 bits per heavy atom. The van der Waals surface area contributed by atoms with Crippen molar-refractivity contribution in [2.75, 3.05) is 18.4 Å². The van der Waals surface area contributed by atoms with Crippen LogP contribution in [0.5, 0.6) is 0 Å². The number of amides is 1. The number of halogens is 2. The minimum atomic E-state index is -3.65. The van der Waals surface area contributed by atoms with Crippen molar-refractivity contribution in [1.29, 1.82) is 0 Å². The van der Waals surface area contributed by atoms with Crippen LogP contribution in [0.3, 0.4) is 0 Å². The maximum absolute atomic E-state index is 13.2. The van der Waals surface area contributed by atoms with Crippen molar-refractivity contribution < 1.29 is 17.6 Å². The van der Waals surface area contributed by atoms with Gasteiger partial charge in [-0.15, -0.1) is 0 Å². The molecule has 6 nitrogen and oxygen atoms in total. The van der Waals surface area contributed by atoms with Crippen molar-refractivity contribution in [2.24, 2.45) is 13.0 Å². The Balaban J connectivity index is 1.83. The van der Waals surface area contributed by atoms with E-state index in [-0.39, 0.29) is 15.6 Å². The van der Waals surface area contributed by atoms with Gasteiger partial charge in [-0.1, -0.05) is 18.5 Å². The van der Waals surface area contributed by atoms with Gasteiger partial charge in [0.15, 0.2) is 0 Å². The van der Waals surface area contributed by atoms with E-state index < -0.39 is 21.7 Å². The molecule has 1 saturated heterocycles. The Bertz CT molecular complexity index is 974. The largest absolute Gasteiger partial charge is 0.345 e. The average molecular weight is 414 g/mol. The second-order valence-corrected chi connectivity index (χ2v) is 9.21. The number of carbonyl (C=O) groups is 1. The van der Waals surface area contributed by atoms with Crippen LogP contribution >= 0.6 is 11.6 Å². The fraction of sp³-hybridized carbons (Fsp3) is 0.389. The molecular weight excluding hydrogens is 393 g/mol. The molecule has 1 aromatic heterocycles. The number of hydrogen-bond acceptors (Lipinski definition) is 3. The molecule has 27 heavy (non-hydrogen) atoms. The first kappa shape index (κ1) is 19.9. The summed E-state index contributed by atoms with van der Waals surface area (Å²) < 4.78 is 41.9. The van der Waals surface area contributed by atoms with Crippen LogP contribution in [0.1, 0.15) is 30.3 Å². The lowest BCUT2D eigenvalue weighted by molar-refractivity contribution is 0.101. The summed E-state index contributed by atoms with van der Waals surface area (Å²) in [4.78, 5) is 12.6. The van der Waals surface area contributed by atoms with E-state index in [1.807, 2.05) is 6.92 Å². The van der Waals surface area contributed by atoms with Crippen LogP contribution in [-0.4, -0.2) is 36.3 Å². The van der Waals surface area contributed by atoms with E-state index in [1.165, 1.54) is 33.3 Å². The van der Waals surface area contributed by atoms with Gasteiger partial charge in [0.25, 0.3) is 5.91 Å². The monoisotopic (exact) mass is 413 g/mol. The minimum Gasteiger partial charge on any atom is -0.345 e. The van der Waals surface area contributed by atoms with Crippen LogP contribution in [0, 0.1) is 11.7 Å². The lowest BCUT2D eigenvalue weighted by Crippen LogP contribution is -2.38. The fourth-order valence-corrected chi connectivity index (χ4v) is 5.03. The van der Waals surface area contributed by atoms with Crippen LogP contribution in [0.25, 0.3) is 0 Å². The second kappa shape index (κ2) is 7.61. The van der Waals surface area contributed by atoms with Crippen LogP contribution in [0.2, 0.25) is 5.02 Å². The quantitative estimate of drug-likeness (QED) is 0.833. The zero-order valence-electron chi connectivity index (χ0n) is 15.1. The number of rotatable bonds is 4. The molecule has 1 aliphatic rings. The maximum atomic E-state index is 13.2. The molecule has 146 valence electrons. The normalized spacial score (nSPS) is 18.4. The first-order valence-electron chi connectivity index (χ1n) is 8.61. The van der Waals surface area contributed by atoms with Gasteiger partial charge in [-0.3, -0.25) is 4.79 Å². The number of benzene rings is 1. The summed E-state index contributed by atoms with van der Waals surface area (Å²) in [6.07, 6.45) is 3.27. The number of nitrogens with zero attached hydrogens (tertiary/aromatic N) is 2. The van der Waals surface area contributed by atoms with E-state index in [9.17, 15) is 17.6 Å². The van der Waals surface area contributed by atoms with Gasteiger partial charge < -0.3 is 9.88 Å². The van der Waals surface area contributed by atoms with E-state index >= 15 is 0 Å². The highest BCUT2D eigenvalue weighted by atomic mass is 35.5. The molecule has 0 bridgehead atoms. The van der Waals surface area contributed by atoms with Crippen molar-refractivity contribution in [2.45, 2.75) is 24.7 Å². The van der Waals surface area contributed by atoms with E-state index in [0.717, 1.165) is 18.9 Å². The summed E-state index contributed by atoms with van der Waals surface area (Å²) in [6, 6.07) is 5.19. The fourth-order valence-electron chi connectivity index (χ4n) is 3.18. The Hall–Kier alpha value is -1.90. The molecule has 2 aromatic rings. The lowest BCUT2D eigenvalue weighted by Gasteiger charge is -2.29. The third-order valence-corrected chi connectivity index (χ3v) is 6.77. The van der Waals surface area contributed by atoms with Crippen molar-refractivity contribution in [1.82, 2.24) is 8.87 Å². The summed E-state index contributed by atoms with van der Waals surface area (Å²) in [6.45, 7) is 2.99. The Kier molecular flexibility index (Phi) is 5.60. The molecule has 1 aliphatic heterocycles. The van der Waals surface area contributed by atoms with Crippen molar-refractivity contribution >= 4 is 33.2 Å². The standard InChI is InChI=1S/C18H21ClFN3O3S/c1-12-4-3-7-23(10-12)27(25,26)14-9-17(22(2)11-14)18(24)21-13-5-6-16(20)15(19)8-13/h5-6,8-9,11-12H,3-4,7,10H2,1-2H3,(H,21,24). The molecule has 1 amide bonds. The van der Waals surface area contributed by atoms with Crippen LogP contribution < -0.4 is 5.32 Å². The summed E-state index contributed by atoms with van der Waals surface area (Å²) in [7, 11) is -2.05. The Morgan fingerprint density at radius 1 is 1.33 bits per heavy atom. The lowest BCUT2D eigenvalue weighted by atomic mass is 10.0. The Morgan fingerprint density at radius 3 is 2.74 bits per heavy atom. The number of nitrogens with one attached hydrogen (secondary N) is 1. The molecule has 3 rings (SSSR count). The number of aryl methyl sites for hydroxylation is 1. The van der Waals surface area contributed by atoms with Gasteiger partial charge >= 0.3 is 0 Å². The second-order valence-electron chi connectivity index (χ2n) is 6.87. The smallest absolute Gasteiger partial charge is 0.272 e. The summed E-state index contributed by atoms with van der Waals surface area (Å²) in [5.74, 6) is -0.783. The molecule has 1 aromatic carbocycles. The first-order chi connectivity index (χ1) is 12.7. The molecule has 0 aliphatic carbocycles. The summed E-state index contributed by atoms with van der Waals surface area (Å²) in [5, 5.41) is 2.49. The highest BCUT2D eigenvalue weighted by Crippen LogP contribution is 2.25. The predicted molar refractivity (Wildman–Crippen MR) is 102 cm³/mol. The predicted octanol–water partition coefficient (Wildman–Crippen LogP) is 3.49. The number of anilines is 1. The van der Waals surface area contributed by atoms with Gasteiger partial charge in [0, 0.05) is 32.0 Å². The van der Waals surface area contributed by atoms with Crippen molar-refractivity contribution in [3.05, 3.63) is 47.0 Å². The van der Waals surface area contributed by atoms with E-state index in [4.69, 9.17) is 11.6 Å². The van der Waals surface area contributed by atoms with Gasteiger partial charge in [-0.05, 0) is 43.0 Å². The summed E-state index contributed by atoms with van der Waals surface area (Å²) in [5.41, 5.74) is 0.501. The van der Waals surface area contributed by atoms with Crippen molar-refractivity contribution in [3.63, 3.8) is 0 Å². The van der Waals surface area contributed by atoms with E-state index in [0.29, 0.717) is 24.7 Å². The van der Waals surface area contributed by atoms with Gasteiger partial charge in [0.2, 0.25) is 10.0 Å². The number of hydrogen-bond donors (Lipinski definition) is 1. The highest BCUT2D eigenvalue weighted by molar-refractivity contribution is 7.89. The average Bonchev–Trinajstić information content (AvgIpc) is 3.01. The molecule has 1 fully saturated rings. The molecule has 9 heteroatoms. The van der Waals surface area contributed by atoms with Crippen LogP contribution in [0.15, 0.2) is 35.4 Å². The maximum Gasteiger partial charge on any atom is 0.272 e. The first-order valence-corrected chi connectivity index (χ1v) is 10.4.